The summed E-state index contributed by atoms with van der Waals surface area (Å²) in [4.78, 5) is 24.9. The van der Waals surface area contributed by atoms with Gasteiger partial charge in [0.25, 0.3) is 5.91 Å². The molecular formula is C23H21F2N3O4. The standard InChI is InChI=1S/C23H21F2N3O4/c1-14-8-10-17(27-23(30)26-16-6-4-3-5-7-16)13-18(14)28-21(29)15-9-11-19(32-22(24)25)20(12-15)31-2/h3-13,22H,1-2H3,(H,28,29)(H2,26,27,30). The quantitative estimate of drug-likeness (QED) is 0.452. The first-order valence-corrected chi connectivity index (χ1v) is 9.53. The van der Waals surface area contributed by atoms with Crippen molar-refractivity contribution in [3.63, 3.8) is 0 Å². The largest absolute Gasteiger partial charge is 0.493 e. The maximum absolute atomic E-state index is 12.7. The number of amides is 3. The lowest BCUT2D eigenvalue weighted by atomic mass is 10.1. The fourth-order valence-corrected chi connectivity index (χ4v) is 2.85. The number of anilines is 3. The van der Waals surface area contributed by atoms with Crippen LogP contribution in [0.25, 0.3) is 0 Å². The van der Waals surface area contributed by atoms with Crippen molar-refractivity contribution in [2.75, 3.05) is 23.1 Å². The van der Waals surface area contributed by atoms with Gasteiger partial charge in [0.2, 0.25) is 0 Å². The third-order valence-electron chi connectivity index (χ3n) is 4.42. The van der Waals surface area contributed by atoms with Crippen molar-refractivity contribution in [3.8, 4) is 11.5 Å². The summed E-state index contributed by atoms with van der Waals surface area (Å²) in [6.07, 6.45) is 0. The van der Waals surface area contributed by atoms with E-state index in [0.717, 1.165) is 5.56 Å². The van der Waals surface area contributed by atoms with E-state index in [-0.39, 0.29) is 17.1 Å². The number of aryl methyl sites for hydroxylation is 1. The highest BCUT2D eigenvalue weighted by atomic mass is 19.3. The smallest absolute Gasteiger partial charge is 0.387 e. The van der Waals surface area contributed by atoms with Crippen molar-refractivity contribution in [1.82, 2.24) is 0 Å². The van der Waals surface area contributed by atoms with Gasteiger partial charge in [-0.15, -0.1) is 0 Å². The normalized spacial score (nSPS) is 10.4. The minimum absolute atomic E-state index is 0.00247. The molecule has 3 aromatic rings. The van der Waals surface area contributed by atoms with E-state index in [1.54, 1.807) is 49.4 Å². The first-order valence-electron chi connectivity index (χ1n) is 9.53. The molecule has 32 heavy (non-hydrogen) atoms. The molecule has 0 atom stereocenters. The van der Waals surface area contributed by atoms with E-state index in [1.807, 2.05) is 6.07 Å². The number of methoxy groups -OCH3 is 1. The molecule has 0 aliphatic carbocycles. The van der Waals surface area contributed by atoms with Crippen LogP contribution >= 0.6 is 0 Å². The topological polar surface area (TPSA) is 88.7 Å². The lowest BCUT2D eigenvalue weighted by molar-refractivity contribution is -0.0512. The van der Waals surface area contributed by atoms with Gasteiger partial charge in [0.1, 0.15) is 0 Å². The van der Waals surface area contributed by atoms with Crippen molar-refractivity contribution in [1.29, 1.82) is 0 Å². The Kier molecular flexibility index (Phi) is 7.22. The van der Waals surface area contributed by atoms with Gasteiger partial charge in [0.15, 0.2) is 11.5 Å². The number of hydrogen-bond acceptors (Lipinski definition) is 4. The number of para-hydroxylation sites is 1. The monoisotopic (exact) mass is 441 g/mol. The fourth-order valence-electron chi connectivity index (χ4n) is 2.85. The highest BCUT2D eigenvalue weighted by molar-refractivity contribution is 6.06. The van der Waals surface area contributed by atoms with Crippen LogP contribution in [0.2, 0.25) is 0 Å². The summed E-state index contributed by atoms with van der Waals surface area (Å²) in [5.74, 6) is -0.658. The Labute approximate surface area is 183 Å². The van der Waals surface area contributed by atoms with Crippen LogP contribution in [-0.4, -0.2) is 25.7 Å². The van der Waals surface area contributed by atoms with Crippen LogP contribution in [0.3, 0.4) is 0 Å². The van der Waals surface area contributed by atoms with Gasteiger partial charge in [0.05, 0.1) is 7.11 Å². The molecule has 0 aliphatic heterocycles. The third kappa shape index (κ3) is 5.94. The third-order valence-corrected chi connectivity index (χ3v) is 4.42. The molecule has 0 radical (unpaired) electrons. The fraction of sp³-hybridized carbons (Fsp3) is 0.130. The summed E-state index contributed by atoms with van der Waals surface area (Å²) >= 11 is 0. The van der Waals surface area contributed by atoms with E-state index in [1.165, 1.54) is 25.3 Å². The number of hydrogen-bond donors (Lipinski definition) is 3. The van der Waals surface area contributed by atoms with Crippen molar-refractivity contribution in [2.45, 2.75) is 13.5 Å². The molecule has 0 unspecified atom stereocenters. The number of nitrogens with one attached hydrogen (secondary N) is 3. The van der Waals surface area contributed by atoms with Gasteiger partial charge < -0.3 is 25.4 Å². The Hall–Kier alpha value is -4.14. The summed E-state index contributed by atoms with van der Waals surface area (Å²) in [7, 11) is 1.29. The number of benzene rings is 3. The molecular weight excluding hydrogens is 420 g/mol. The van der Waals surface area contributed by atoms with Crippen LogP contribution in [0.15, 0.2) is 66.7 Å². The predicted molar refractivity (Wildman–Crippen MR) is 118 cm³/mol. The molecule has 3 amide bonds. The zero-order valence-corrected chi connectivity index (χ0v) is 17.3. The second-order valence-electron chi connectivity index (χ2n) is 6.67. The zero-order valence-electron chi connectivity index (χ0n) is 17.3. The summed E-state index contributed by atoms with van der Waals surface area (Å²) < 4.78 is 34.4. The highest BCUT2D eigenvalue weighted by Gasteiger charge is 2.15. The van der Waals surface area contributed by atoms with E-state index in [2.05, 4.69) is 20.7 Å². The maximum atomic E-state index is 12.7. The molecule has 0 saturated carbocycles. The number of halogens is 2. The molecule has 0 bridgehead atoms. The number of alkyl halides is 2. The molecule has 0 saturated heterocycles. The zero-order chi connectivity index (χ0) is 23.1. The molecule has 3 aromatic carbocycles. The summed E-state index contributed by atoms with van der Waals surface area (Å²) in [6, 6.07) is 17.5. The second-order valence-corrected chi connectivity index (χ2v) is 6.67. The van der Waals surface area contributed by atoms with E-state index in [9.17, 15) is 18.4 Å². The molecule has 7 nitrogen and oxygen atoms in total. The molecule has 0 spiro atoms. The summed E-state index contributed by atoms with van der Waals surface area (Å²) in [5, 5.41) is 8.16. The molecule has 0 aromatic heterocycles. The van der Waals surface area contributed by atoms with Gasteiger partial charge in [-0.2, -0.15) is 8.78 Å². The van der Waals surface area contributed by atoms with E-state index >= 15 is 0 Å². The summed E-state index contributed by atoms with van der Waals surface area (Å²) in [6.45, 7) is -1.22. The van der Waals surface area contributed by atoms with Crippen molar-refractivity contribution < 1.29 is 27.8 Å². The number of urea groups is 1. The lowest BCUT2D eigenvalue weighted by Crippen LogP contribution is -2.19. The Morgan fingerprint density at radius 3 is 2.25 bits per heavy atom. The Bertz CT molecular complexity index is 1110. The van der Waals surface area contributed by atoms with Crippen molar-refractivity contribution in [3.05, 3.63) is 77.9 Å². The first kappa shape index (κ1) is 22.5. The van der Waals surface area contributed by atoms with Gasteiger partial charge >= 0.3 is 12.6 Å². The minimum atomic E-state index is -3.01. The van der Waals surface area contributed by atoms with Crippen LogP contribution in [0.4, 0.5) is 30.6 Å². The second kappa shape index (κ2) is 10.3. The molecule has 3 N–H and O–H groups in total. The van der Waals surface area contributed by atoms with Crippen LogP contribution in [0.1, 0.15) is 15.9 Å². The predicted octanol–water partition coefficient (Wildman–Crippen LogP) is 5.50. The Morgan fingerprint density at radius 2 is 1.56 bits per heavy atom. The van der Waals surface area contributed by atoms with Gasteiger partial charge in [-0.05, 0) is 55.0 Å². The van der Waals surface area contributed by atoms with Crippen LogP contribution in [0, 0.1) is 6.92 Å². The van der Waals surface area contributed by atoms with E-state index < -0.39 is 18.5 Å². The van der Waals surface area contributed by atoms with E-state index in [4.69, 9.17) is 4.74 Å². The Morgan fingerprint density at radius 1 is 0.844 bits per heavy atom. The molecule has 3 rings (SSSR count). The average molecular weight is 441 g/mol. The molecule has 0 fully saturated rings. The van der Waals surface area contributed by atoms with Gasteiger partial charge in [0, 0.05) is 22.6 Å². The van der Waals surface area contributed by atoms with E-state index in [0.29, 0.717) is 17.1 Å². The number of carbonyl (C=O) groups is 2. The highest BCUT2D eigenvalue weighted by Crippen LogP contribution is 2.30. The van der Waals surface area contributed by atoms with Crippen molar-refractivity contribution >= 4 is 29.0 Å². The molecule has 9 heteroatoms. The number of ether oxygens (including phenoxy) is 2. The average Bonchev–Trinajstić information content (AvgIpc) is 2.76. The minimum Gasteiger partial charge on any atom is -0.493 e. The van der Waals surface area contributed by atoms with Gasteiger partial charge in [-0.3, -0.25) is 4.79 Å². The maximum Gasteiger partial charge on any atom is 0.387 e. The molecule has 0 aliphatic rings. The first-order chi connectivity index (χ1) is 15.4. The van der Waals surface area contributed by atoms with Crippen LogP contribution in [-0.2, 0) is 0 Å². The van der Waals surface area contributed by atoms with Gasteiger partial charge in [-0.25, -0.2) is 4.79 Å². The van der Waals surface area contributed by atoms with Crippen LogP contribution < -0.4 is 25.4 Å². The SMILES string of the molecule is COc1cc(C(=O)Nc2cc(NC(=O)Nc3ccccc3)ccc2C)ccc1OC(F)F. The van der Waals surface area contributed by atoms with Crippen LogP contribution in [0.5, 0.6) is 11.5 Å². The lowest BCUT2D eigenvalue weighted by Gasteiger charge is -2.14. The summed E-state index contributed by atoms with van der Waals surface area (Å²) in [5.41, 5.74) is 2.52. The molecule has 166 valence electrons. The van der Waals surface area contributed by atoms with Crippen molar-refractivity contribution in [2.24, 2.45) is 0 Å². The number of carbonyl (C=O) groups excluding carboxylic acids is 2. The van der Waals surface area contributed by atoms with Gasteiger partial charge in [-0.1, -0.05) is 24.3 Å². The number of rotatable bonds is 7. The molecule has 0 heterocycles. The Balaban J connectivity index is 1.71.